The Balaban J connectivity index is 1.24. The maximum Gasteiger partial charge on any atom is 0.229 e. The third-order valence-electron chi connectivity index (χ3n) is 5.63. The summed E-state index contributed by atoms with van der Waals surface area (Å²) in [6.07, 6.45) is 5.09. The number of hydrogen-bond acceptors (Lipinski definition) is 5. The van der Waals surface area contributed by atoms with E-state index < -0.39 is 0 Å². The first kappa shape index (κ1) is 18.2. The lowest BCUT2D eigenvalue weighted by Gasteiger charge is -2.18. The second-order valence-corrected chi connectivity index (χ2v) is 7.62. The summed E-state index contributed by atoms with van der Waals surface area (Å²) in [5, 5.41) is 4.17. The van der Waals surface area contributed by atoms with Gasteiger partial charge >= 0.3 is 0 Å². The van der Waals surface area contributed by atoms with Gasteiger partial charge in [-0.2, -0.15) is 4.98 Å². The van der Waals surface area contributed by atoms with Crippen LogP contribution in [0.2, 0.25) is 0 Å². The molecule has 2 fully saturated rings. The summed E-state index contributed by atoms with van der Waals surface area (Å²) in [5.74, 6) is 2.53. The van der Waals surface area contributed by atoms with Crippen molar-refractivity contribution in [2.24, 2.45) is 5.92 Å². The minimum atomic E-state index is 0.248. The van der Waals surface area contributed by atoms with Crippen LogP contribution in [0.25, 0.3) is 0 Å². The molecular weight excluding hydrogens is 342 g/mol. The van der Waals surface area contributed by atoms with Crippen LogP contribution in [-0.2, 0) is 22.4 Å². The highest BCUT2D eigenvalue weighted by molar-refractivity contribution is 5.76. The van der Waals surface area contributed by atoms with Gasteiger partial charge in [0.05, 0.1) is 0 Å². The number of likely N-dealkylation sites (tertiary alicyclic amines) is 1. The van der Waals surface area contributed by atoms with E-state index in [1.165, 1.54) is 5.56 Å². The van der Waals surface area contributed by atoms with Crippen molar-refractivity contribution in [1.29, 1.82) is 0 Å². The predicted molar refractivity (Wildman–Crippen MR) is 100 cm³/mol. The van der Waals surface area contributed by atoms with Crippen LogP contribution in [0.4, 0.5) is 0 Å². The summed E-state index contributed by atoms with van der Waals surface area (Å²) in [7, 11) is 0. The van der Waals surface area contributed by atoms with Crippen LogP contribution in [0.15, 0.2) is 34.9 Å². The van der Waals surface area contributed by atoms with Gasteiger partial charge in [0, 0.05) is 45.1 Å². The summed E-state index contributed by atoms with van der Waals surface area (Å²) in [6, 6.07) is 10.2. The molecule has 0 spiro atoms. The van der Waals surface area contributed by atoms with Crippen LogP contribution in [0.1, 0.15) is 48.9 Å². The highest BCUT2D eigenvalue weighted by Crippen LogP contribution is 2.26. The normalized spacial score (nSPS) is 20.9. The summed E-state index contributed by atoms with van der Waals surface area (Å²) >= 11 is 0. The molecule has 4 rings (SSSR count). The van der Waals surface area contributed by atoms with E-state index in [4.69, 9.17) is 9.26 Å². The average molecular weight is 369 g/mol. The molecule has 3 heterocycles. The maximum atomic E-state index is 12.5. The molecule has 2 aromatic rings. The number of benzene rings is 1. The largest absolute Gasteiger partial charge is 0.381 e. The molecule has 2 aliphatic heterocycles. The number of carbonyl (C=O) groups excluding carboxylic acids is 1. The molecule has 1 unspecified atom stereocenters. The van der Waals surface area contributed by atoms with Crippen molar-refractivity contribution < 1.29 is 14.1 Å². The molecule has 0 bridgehead atoms. The Morgan fingerprint density at radius 2 is 1.96 bits per heavy atom. The van der Waals surface area contributed by atoms with Gasteiger partial charge in [-0.1, -0.05) is 35.5 Å². The SMILES string of the molecule is O=C(CCc1ccccc1)N1CCC(Cc2noc(C3CCOCC3)n2)C1. The van der Waals surface area contributed by atoms with Crippen LogP contribution in [-0.4, -0.2) is 47.3 Å². The number of aryl methyl sites for hydroxylation is 1. The zero-order valence-electron chi connectivity index (χ0n) is 15.7. The number of nitrogens with zero attached hydrogens (tertiary/aromatic N) is 3. The monoisotopic (exact) mass is 369 g/mol. The molecule has 2 aliphatic rings. The molecule has 1 aromatic carbocycles. The first-order chi connectivity index (χ1) is 13.3. The van der Waals surface area contributed by atoms with E-state index in [1.807, 2.05) is 23.1 Å². The van der Waals surface area contributed by atoms with Crippen molar-refractivity contribution in [2.75, 3.05) is 26.3 Å². The Bertz CT molecular complexity index is 740. The third-order valence-corrected chi connectivity index (χ3v) is 5.63. The molecule has 0 aliphatic carbocycles. The summed E-state index contributed by atoms with van der Waals surface area (Å²) in [4.78, 5) is 19.1. The minimum Gasteiger partial charge on any atom is -0.381 e. The van der Waals surface area contributed by atoms with E-state index in [2.05, 4.69) is 22.3 Å². The van der Waals surface area contributed by atoms with Crippen LogP contribution in [0.3, 0.4) is 0 Å². The molecule has 6 heteroatoms. The maximum absolute atomic E-state index is 12.5. The number of carbonyl (C=O) groups is 1. The number of aromatic nitrogens is 2. The van der Waals surface area contributed by atoms with Gasteiger partial charge < -0.3 is 14.2 Å². The lowest BCUT2D eigenvalue weighted by atomic mass is 10.0. The lowest BCUT2D eigenvalue weighted by molar-refractivity contribution is -0.130. The van der Waals surface area contributed by atoms with Gasteiger partial charge in [-0.3, -0.25) is 4.79 Å². The molecule has 1 amide bonds. The summed E-state index contributed by atoms with van der Waals surface area (Å²) in [6.45, 7) is 3.17. The zero-order chi connectivity index (χ0) is 18.5. The van der Waals surface area contributed by atoms with E-state index in [1.54, 1.807) is 0 Å². The van der Waals surface area contributed by atoms with Gasteiger partial charge in [0.15, 0.2) is 5.82 Å². The molecule has 1 aromatic heterocycles. The van der Waals surface area contributed by atoms with Crippen LogP contribution < -0.4 is 0 Å². The first-order valence-electron chi connectivity index (χ1n) is 10.00. The molecule has 27 heavy (non-hydrogen) atoms. The van der Waals surface area contributed by atoms with Crippen molar-refractivity contribution >= 4 is 5.91 Å². The standard InChI is InChI=1S/C21H27N3O3/c25-20(7-6-16-4-2-1-3-5-16)24-11-8-17(15-24)14-19-22-21(27-23-19)18-9-12-26-13-10-18/h1-5,17-18H,6-15H2. The fraction of sp³-hybridized carbons (Fsp3) is 0.571. The Kier molecular flexibility index (Phi) is 5.82. The van der Waals surface area contributed by atoms with Gasteiger partial charge in [-0.15, -0.1) is 0 Å². The highest BCUT2D eigenvalue weighted by Gasteiger charge is 2.28. The highest BCUT2D eigenvalue weighted by atomic mass is 16.5. The number of hydrogen-bond donors (Lipinski definition) is 0. The van der Waals surface area contributed by atoms with Gasteiger partial charge in [0.25, 0.3) is 0 Å². The van der Waals surface area contributed by atoms with Crippen molar-refractivity contribution in [1.82, 2.24) is 15.0 Å². The second kappa shape index (κ2) is 8.65. The Morgan fingerprint density at radius 1 is 1.15 bits per heavy atom. The van der Waals surface area contributed by atoms with Gasteiger partial charge in [-0.05, 0) is 37.2 Å². The molecule has 6 nitrogen and oxygen atoms in total. The average Bonchev–Trinajstić information content (AvgIpc) is 3.38. The number of ether oxygens (including phenoxy) is 1. The van der Waals surface area contributed by atoms with E-state index in [9.17, 15) is 4.79 Å². The first-order valence-corrected chi connectivity index (χ1v) is 10.00. The molecule has 2 saturated heterocycles. The number of rotatable bonds is 6. The molecular formula is C21H27N3O3. The summed E-state index contributed by atoms with van der Waals surface area (Å²) in [5.41, 5.74) is 1.22. The molecule has 0 N–H and O–H groups in total. The van der Waals surface area contributed by atoms with Crippen molar-refractivity contribution in [3.05, 3.63) is 47.6 Å². The number of amides is 1. The fourth-order valence-electron chi connectivity index (χ4n) is 4.00. The van der Waals surface area contributed by atoms with E-state index >= 15 is 0 Å². The molecule has 0 saturated carbocycles. The fourth-order valence-corrected chi connectivity index (χ4v) is 4.00. The second-order valence-electron chi connectivity index (χ2n) is 7.62. The lowest BCUT2D eigenvalue weighted by Crippen LogP contribution is -2.29. The van der Waals surface area contributed by atoms with E-state index in [0.29, 0.717) is 18.3 Å². The Hall–Kier alpha value is -2.21. The van der Waals surface area contributed by atoms with Gasteiger partial charge in [-0.25, -0.2) is 0 Å². The molecule has 144 valence electrons. The van der Waals surface area contributed by atoms with E-state index in [-0.39, 0.29) is 5.91 Å². The van der Waals surface area contributed by atoms with E-state index in [0.717, 1.165) is 70.1 Å². The van der Waals surface area contributed by atoms with Crippen LogP contribution >= 0.6 is 0 Å². The van der Waals surface area contributed by atoms with Crippen molar-refractivity contribution in [3.63, 3.8) is 0 Å². The Labute approximate surface area is 159 Å². The topological polar surface area (TPSA) is 68.5 Å². The van der Waals surface area contributed by atoms with Gasteiger partial charge in [0.2, 0.25) is 11.8 Å². The summed E-state index contributed by atoms with van der Waals surface area (Å²) < 4.78 is 10.9. The molecule has 0 radical (unpaired) electrons. The quantitative estimate of drug-likeness (QED) is 0.783. The third kappa shape index (κ3) is 4.75. The van der Waals surface area contributed by atoms with Crippen LogP contribution in [0.5, 0.6) is 0 Å². The minimum absolute atomic E-state index is 0.248. The molecule has 1 atom stereocenters. The van der Waals surface area contributed by atoms with Crippen molar-refractivity contribution in [2.45, 2.75) is 44.4 Å². The van der Waals surface area contributed by atoms with Crippen LogP contribution in [0, 0.1) is 5.92 Å². The van der Waals surface area contributed by atoms with Crippen molar-refractivity contribution in [3.8, 4) is 0 Å². The smallest absolute Gasteiger partial charge is 0.229 e. The van der Waals surface area contributed by atoms with Gasteiger partial charge in [0.1, 0.15) is 0 Å². The zero-order valence-corrected chi connectivity index (χ0v) is 15.7. The predicted octanol–water partition coefficient (Wildman–Crippen LogP) is 2.99. The Morgan fingerprint density at radius 3 is 2.78 bits per heavy atom.